The molecule has 14 rings (SSSR count). The van der Waals surface area contributed by atoms with Crippen LogP contribution in [0.2, 0.25) is 0 Å². The standard InChI is InChI=1S/C68H48N2O/c1-67(2)58-32-18-15-29-53(58)54-41-39-51(43-59(54)67)69(49-35-37-50(38-36-49)70-61-33-19-16-30-55(61)56-31-17-20-34-62(56)70)52-40-42-57-60(44-52)68(47-25-11-5-12-26-47,48-27-13-6-14-28-48)66-64(57)63(45-21-7-3-8-22-45)65(71-66)46-23-9-4-10-24-46/h3-44H,1-2H3. The monoisotopic (exact) mass is 908 g/mol. The minimum atomic E-state index is -0.798. The van der Waals surface area contributed by atoms with Gasteiger partial charge < -0.3 is 13.9 Å². The van der Waals surface area contributed by atoms with Gasteiger partial charge in [0.15, 0.2) is 0 Å². The molecule has 0 N–H and O–H groups in total. The highest BCUT2D eigenvalue weighted by Gasteiger charge is 2.51. The second kappa shape index (κ2) is 15.8. The number of rotatable bonds is 8. The Bertz CT molecular complexity index is 3900. The summed E-state index contributed by atoms with van der Waals surface area (Å²) in [5, 5.41) is 2.50. The zero-order valence-electron chi connectivity index (χ0n) is 39.6. The smallest absolute Gasteiger partial charge is 0.142 e. The number of benzene rings is 10. The van der Waals surface area contributed by atoms with Gasteiger partial charge in [-0.1, -0.05) is 208 Å². The van der Waals surface area contributed by atoms with E-state index in [1.807, 2.05) is 0 Å². The van der Waals surface area contributed by atoms with Gasteiger partial charge in [0, 0.05) is 55.6 Å². The van der Waals surface area contributed by atoms with Gasteiger partial charge in [-0.2, -0.15) is 0 Å². The van der Waals surface area contributed by atoms with Gasteiger partial charge in [-0.05, 0) is 111 Å². The molecule has 0 atom stereocenters. The van der Waals surface area contributed by atoms with Crippen LogP contribution in [0, 0.1) is 0 Å². The Morgan fingerprint density at radius 2 is 0.859 bits per heavy atom. The molecule has 12 aromatic rings. The van der Waals surface area contributed by atoms with Crippen LogP contribution in [0.15, 0.2) is 259 Å². The molecule has 336 valence electrons. The summed E-state index contributed by atoms with van der Waals surface area (Å²) in [6.45, 7) is 4.73. The average Bonchev–Trinajstić information content (AvgIpc) is 4.14. The zero-order valence-corrected chi connectivity index (χ0v) is 39.6. The largest absolute Gasteiger partial charge is 0.458 e. The predicted molar refractivity (Wildman–Crippen MR) is 293 cm³/mol. The van der Waals surface area contributed by atoms with Crippen LogP contribution in [-0.4, -0.2) is 4.57 Å². The van der Waals surface area contributed by atoms with Gasteiger partial charge in [-0.15, -0.1) is 0 Å². The second-order valence-corrected chi connectivity index (χ2v) is 19.6. The lowest BCUT2D eigenvalue weighted by molar-refractivity contribution is 0.481. The van der Waals surface area contributed by atoms with Crippen LogP contribution in [0.5, 0.6) is 0 Å². The maximum Gasteiger partial charge on any atom is 0.142 e. The molecule has 0 aliphatic heterocycles. The highest BCUT2D eigenvalue weighted by Crippen LogP contribution is 2.62. The number of aromatic nitrogens is 1. The lowest BCUT2D eigenvalue weighted by atomic mass is 9.70. The summed E-state index contributed by atoms with van der Waals surface area (Å²) in [5.41, 5.74) is 20.1. The number of para-hydroxylation sites is 2. The Hall–Kier alpha value is -8.92. The minimum absolute atomic E-state index is 0.180. The molecule has 0 bridgehead atoms. The molecular weight excluding hydrogens is 861 g/mol. The highest BCUT2D eigenvalue weighted by atomic mass is 16.3. The van der Waals surface area contributed by atoms with E-state index in [-0.39, 0.29) is 5.41 Å². The van der Waals surface area contributed by atoms with Gasteiger partial charge in [0.1, 0.15) is 16.9 Å². The molecule has 2 heterocycles. The Morgan fingerprint density at radius 3 is 1.48 bits per heavy atom. The Labute approximate surface area is 414 Å². The quantitative estimate of drug-likeness (QED) is 0.151. The minimum Gasteiger partial charge on any atom is -0.458 e. The fraction of sp³-hybridized carbons (Fsp3) is 0.0588. The number of furan rings is 1. The summed E-state index contributed by atoms with van der Waals surface area (Å²) in [4.78, 5) is 2.46. The van der Waals surface area contributed by atoms with Crippen LogP contribution in [0.4, 0.5) is 17.1 Å². The molecule has 0 radical (unpaired) electrons. The number of anilines is 3. The van der Waals surface area contributed by atoms with E-state index in [0.29, 0.717) is 0 Å². The molecule has 3 nitrogen and oxygen atoms in total. The molecule has 71 heavy (non-hydrogen) atoms. The first-order chi connectivity index (χ1) is 35.0. The van der Waals surface area contributed by atoms with Crippen molar-refractivity contribution in [3.8, 4) is 50.4 Å². The molecule has 0 amide bonds. The third kappa shape index (κ3) is 6.03. The van der Waals surface area contributed by atoms with Crippen molar-refractivity contribution in [1.82, 2.24) is 4.57 Å². The summed E-state index contributed by atoms with van der Waals surface area (Å²) >= 11 is 0. The van der Waals surface area contributed by atoms with Crippen molar-refractivity contribution < 1.29 is 4.42 Å². The van der Waals surface area contributed by atoms with Crippen LogP contribution in [-0.2, 0) is 10.8 Å². The molecule has 2 aliphatic rings. The van der Waals surface area contributed by atoms with E-state index in [2.05, 4.69) is 278 Å². The van der Waals surface area contributed by atoms with E-state index >= 15 is 0 Å². The Kier molecular flexibility index (Phi) is 9.15. The maximum atomic E-state index is 7.57. The van der Waals surface area contributed by atoms with E-state index in [1.165, 1.54) is 49.6 Å². The first-order valence-corrected chi connectivity index (χ1v) is 24.7. The lowest BCUT2D eigenvalue weighted by Gasteiger charge is -2.33. The Morgan fingerprint density at radius 1 is 0.380 bits per heavy atom. The normalized spacial score (nSPS) is 13.7. The van der Waals surface area contributed by atoms with Crippen molar-refractivity contribution in [2.24, 2.45) is 0 Å². The van der Waals surface area contributed by atoms with Crippen molar-refractivity contribution in [1.29, 1.82) is 0 Å². The molecule has 10 aromatic carbocycles. The van der Waals surface area contributed by atoms with Crippen molar-refractivity contribution >= 4 is 38.9 Å². The van der Waals surface area contributed by atoms with Crippen molar-refractivity contribution in [3.63, 3.8) is 0 Å². The van der Waals surface area contributed by atoms with E-state index < -0.39 is 5.41 Å². The van der Waals surface area contributed by atoms with Gasteiger partial charge in [0.2, 0.25) is 0 Å². The number of hydrogen-bond donors (Lipinski definition) is 0. The predicted octanol–water partition coefficient (Wildman–Crippen LogP) is 17.8. The summed E-state index contributed by atoms with van der Waals surface area (Å²) in [5.74, 6) is 1.80. The third-order valence-corrected chi connectivity index (χ3v) is 15.5. The van der Waals surface area contributed by atoms with E-state index in [9.17, 15) is 0 Å². The van der Waals surface area contributed by atoms with Gasteiger partial charge in [-0.3, -0.25) is 0 Å². The third-order valence-electron chi connectivity index (χ3n) is 15.5. The fourth-order valence-corrected chi connectivity index (χ4v) is 12.3. The summed E-state index contributed by atoms with van der Waals surface area (Å²) in [6, 6.07) is 93.1. The second-order valence-electron chi connectivity index (χ2n) is 19.6. The summed E-state index contributed by atoms with van der Waals surface area (Å²) in [7, 11) is 0. The Balaban J connectivity index is 1.03. The average molecular weight is 909 g/mol. The molecule has 0 saturated carbocycles. The number of hydrogen-bond acceptors (Lipinski definition) is 2. The van der Waals surface area contributed by atoms with E-state index in [0.717, 1.165) is 73.2 Å². The van der Waals surface area contributed by atoms with Crippen LogP contribution < -0.4 is 4.90 Å². The number of fused-ring (bicyclic) bond motifs is 9. The molecule has 0 fully saturated rings. The van der Waals surface area contributed by atoms with Gasteiger partial charge >= 0.3 is 0 Å². The molecule has 2 aromatic heterocycles. The van der Waals surface area contributed by atoms with Crippen molar-refractivity contribution in [2.75, 3.05) is 4.90 Å². The number of nitrogens with zero attached hydrogens (tertiary/aromatic N) is 2. The SMILES string of the molecule is CC1(C)c2ccccc2-c2ccc(N(c3ccc(-n4c5ccccc5c5ccccc54)cc3)c3ccc4c(c3)C(c3ccccc3)(c3ccccc3)c3oc(-c5ccccc5)c(-c5ccccc5)c3-4)cc21. The topological polar surface area (TPSA) is 21.3 Å². The van der Waals surface area contributed by atoms with Crippen LogP contribution >= 0.6 is 0 Å². The van der Waals surface area contributed by atoms with Gasteiger partial charge in [0.05, 0.1) is 11.0 Å². The molecule has 3 heteroatoms. The molecule has 2 aliphatic carbocycles. The van der Waals surface area contributed by atoms with Gasteiger partial charge in [-0.25, -0.2) is 0 Å². The zero-order chi connectivity index (χ0) is 47.3. The molecule has 0 unspecified atom stereocenters. The van der Waals surface area contributed by atoms with Crippen LogP contribution in [0.1, 0.15) is 47.4 Å². The summed E-state index contributed by atoms with van der Waals surface area (Å²) in [6.07, 6.45) is 0. The maximum absolute atomic E-state index is 7.57. The van der Waals surface area contributed by atoms with Crippen LogP contribution in [0.25, 0.3) is 72.2 Å². The molecular formula is C68H48N2O. The first kappa shape index (κ1) is 41.1. The van der Waals surface area contributed by atoms with Crippen molar-refractivity contribution in [2.45, 2.75) is 24.7 Å². The summed E-state index contributed by atoms with van der Waals surface area (Å²) < 4.78 is 9.97. The molecule has 0 spiro atoms. The van der Waals surface area contributed by atoms with E-state index in [1.54, 1.807) is 0 Å². The van der Waals surface area contributed by atoms with Gasteiger partial charge in [0.25, 0.3) is 0 Å². The van der Waals surface area contributed by atoms with E-state index in [4.69, 9.17) is 4.42 Å². The van der Waals surface area contributed by atoms with Crippen molar-refractivity contribution in [3.05, 3.63) is 288 Å². The molecule has 0 saturated heterocycles. The fourth-order valence-electron chi connectivity index (χ4n) is 12.3. The lowest BCUT2D eigenvalue weighted by Crippen LogP contribution is -2.28. The van der Waals surface area contributed by atoms with Crippen LogP contribution in [0.3, 0.4) is 0 Å². The highest BCUT2D eigenvalue weighted by molar-refractivity contribution is 6.09. The first-order valence-electron chi connectivity index (χ1n) is 24.7.